The maximum absolute atomic E-state index is 11.9. The first-order valence-electron chi connectivity index (χ1n) is 6.98. The molecule has 1 fully saturated rings. The van der Waals surface area contributed by atoms with Gasteiger partial charge in [0.1, 0.15) is 5.51 Å². The number of aryl methyl sites for hydroxylation is 1. The number of carbonyl (C=O) groups excluding carboxylic acids is 1. The SMILES string of the molecule is Cn1nccc1C1CCN(CC(=O)Nc2nncs2)CC1. The van der Waals surface area contributed by atoms with Gasteiger partial charge in [-0.25, -0.2) is 0 Å². The maximum atomic E-state index is 11.9. The number of nitrogens with one attached hydrogen (secondary N) is 1. The van der Waals surface area contributed by atoms with Crippen molar-refractivity contribution in [1.82, 2.24) is 24.9 Å². The Bertz CT molecular complexity index is 588. The Hall–Kier alpha value is -1.80. The molecule has 2 aromatic heterocycles. The molecule has 1 amide bonds. The Morgan fingerprint density at radius 2 is 2.29 bits per heavy atom. The summed E-state index contributed by atoms with van der Waals surface area (Å²) < 4.78 is 1.95. The molecular formula is C13H18N6OS. The number of hydrogen-bond acceptors (Lipinski definition) is 6. The second-order valence-corrected chi connectivity index (χ2v) is 6.06. The molecule has 0 spiro atoms. The van der Waals surface area contributed by atoms with Gasteiger partial charge in [0, 0.05) is 24.9 Å². The zero-order valence-electron chi connectivity index (χ0n) is 11.9. The second kappa shape index (κ2) is 6.31. The van der Waals surface area contributed by atoms with E-state index in [1.807, 2.05) is 17.9 Å². The van der Waals surface area contributed by atoms with Crippen molar-refractivity contribution in [3.8, 4) is 0 Å². The summed E-state index contributed by atoms with van der Waals surface area (Å²) in [7, 11) is 1.98. The Morgan fingerprint density at radius 3 is 2.90 bits per heavy atom. The molecule has 21 heavy (non-hydrogen) atoms. The Labute approximate surface area is 127 Å². The standard InChI is InChI=1S/C13H18N6OS/c1-18-11(2-5-15-18)10-3-6-19(7-4-10)8-12(20)16-13-17-14-9-21-13/h2,5,9-10H,3-4,6-8H2,1H3,(H,16,17,20). The minimum Gasteiger partial charge on any atom is -0.299 e. The van der Waals surface area contributed by atoms with Crippen molar-refractivity contribution in [2.45, 2.75) is 18.8 Å². The minimum absolute atomic E-state index is 0.0225. The van der Waals surface area contributed by atoms with E-state index in [1.54, 1.807) is 5.51 Å². The van der Waals surface area contributed by atoms with Crippen LogP contribution in [0.1, 0.15) is 24.5 Å². The van der Waals surface area contributed by atoms with E-state index in [9.17, 15) is 4.79 Å². The van der Waals surface area contributed by atoms with Crippen molar-refractivity contribution in [1.29, 1.82) is 0 Å². The summed E-state index contributed by atoms with van der Waals surface area (Å²) in [6.45, 7) is 2.27. The summed E-state index contributed by atoms with van der Waals surface area (Å²) >= 11 is 1.33. The minimum atomic E-state index is -0.0225. The van der Waals surface area contributed by atoms with Crippen LogP contribution in [0.3, 0.4) is 0 Å². The van der Waals surface area contributed by atoms with Crippen LogP contribution in [0.25, 0.3) is 0 Å². The quantitative estimate of drug-likeness (QED) is 0.915. The van der Waals surface area contributed by atoms with Gasteiger partial charge >= 0.3 is 0 Å². The molecule has 0 aromatic carbocycles. The van der Waals surface area contributed by atoms with E-state index in [1.165, 1.54) is 17.0 Å². The highest BCUT2D eigenvalue weighted by Gasteiger charge is 2.23. The van der Waals surface area contributed by atoms with E-state index in [4.69, 9.17) is 0 Å². The van der Waals surface area contributed by atoms with Crippen molar-refractivity contribution in [2.24, 2.45) is 7.05 Å². The molecule has 8 heteroatoms. The molecule has 3 heterocycles. The monoisotopic (exact) mass is 306 g/mol. The highest BCUT2D eigenvalue weighted by Crippen LogP contribution is 2.27. The third-order valence-corrected chi connectivity index (χ3v) is 4.44. The number of carbonyl (C=O) groups is 1. The molecule has 0 radical (unpaired) electrons. The van der Waals surface area contributed by atoms with Gasteiger partial charge in [-0.3, -0.25) is 19.7 Å². The first-order chi connectivity index (χ1) is 10.2. The molecule has 112 valence electrons. The average molecular weight is 306 g/mol. The molecule has 0 atom stereocenters. The van der Waals surface area contributed by atoms with Crippen molar-refractivity contribution < 1.29 is 4.79 Å². The number of piperidine rings is 1. The molecule has 0 saturated carbocycles. The topological polar surface area (TPSA) is 75.9 Å². The molecule has 1 N–H and O–H groups in total. The van der Waals surface area contributed by atoms with Crippen LogP contribution >= 0.6 is 11.3 Å². The number of aromatic nitrogens is 4. The second-order valence-electron chi connectivity index (χ2n) is 5.22. The average Bonchev–Trinajstić information content (AvgIpc) is 3.11. The number of anilines is 1. The summed E-state index contributed by atoms with van der Waals surface area (Å²) in [5.74, 6) is 0.519. The smallest absolute Gasteiger partial charge is 0.240 e. The fraction of sp³-hybridized carbons (Fsp3) is 0.538. The summed E-state index contributed by atoms with van der Waals surface area (Å²) in [4.78, 5) is 14.1. The number of amides is 1. The van der Waals surface area contributed by atoms with E-state index in [2.05, 4.69) is 31.6 Å². The van der Waals surface area contributed by atoms with E-state index < -0.39 is 0 Å². The van der Waals surface area contributed by atoms with Crippen molar-refractivity contribution in [2.75, 3.05) is 25.0 Å². The predicted molar refractivity (Wildman–Crippen MR) is 80.2 cm³/mol. The van der Waals surface area contributed by atoms with Gasteiger partial charge in [-0.05, 0) is 32.0 Å². The molecule has 1 saturated heterocycles. The highest BCUT2D eigenvalue weighted by molar-refractivity contribution is 7.13. The first-order valence-corrected chi connectivity index (χ1v) is 7.86. The van der Waals surface area contributed by atoms with Gasteiger partial charge < -0.3 is 0 Å². The van der Waals surface area contributed by atoms with Crippen LogP contribution in [0.15, 0.2) is 17.8 Å². The number of nitrogens with zero attached hydrogens (tertiary/aromatic N) is 5. The molecule has 3 rings (SSSR count). The van der Waals surface area contributed by atoms with Gasteiger partial charge in [0.2, 0.25) is 11.0 Å². The van der Waals surface area contributed by atoms with Crippen molar-refractivity contribution in [3.05, 3.63) is 23.5 Å². The van der Waals surface area contributed by atoms with Crippen LogP contribution < -0.4 is 5.32 Å². The van der Waals surface area contributed by atoms with Crippen LogP contribution in [-0.2, 0) is 11.8 Å². The van der Waals surface area contributed by atoms with Crippen molar-refractivity contribution >= 4 is 22.4 Å². The lowest BCUT2D eigenvalue weighted by Crippen LogP contribution is -2.39. The lowest BCUT2D eigenvalue weighted by atomic mass is 9.93. The number of rotatable bonds is 4. The summed E-state index contributed by atoms with van der Waals surface area (Å²) in [5.41, 5.74) is 2.89. The highest BCUT2D eigenvalue weighted by atomic mass is 32.1. The van der Waals surface area contributed by atoms with Crippen molar-refractivity contribution in [3.63, 3.8) is 0 Å². The summed E-state index contributed by atoms with van der Waals surface area (Å²) in [5, 5.41) is 15.1. The Kier molecular flexibility index (Phi) is 4.26. The van der Waals surface area contributed by atoms with E-state index >= 15 is 0 Å². The third-order valence-electron chi connectivity index (χ3n) is 3.84. The zero-order chi connectivity index (χ0) is 14.7. The third kappa shape index (κ3) is 3.45. The van der Waals surface area contributed by atoms with Crippen LogP contribution in [0.5, 0.6) is 0 Å². The lowest BCUT2D eigenvalue weighted by Gasteiger charge is -2.31. The van der Waals surface area contributed by atoms with Gasteiger partial charge in [-0.1, -0.05) is 11.3 Å². The fourth-order valence-electron chi connectivity index (χ4n) is 2.76. The summed E-state index contributed by atoms with van der Waals surface area (Å²) in [6, 6.07) is 2.09. The Morgan fingerprint density at radius 1 is 1.48 bits per heavy atom. The van der Waals surface area contributed by atoms with E-state index in [0.717, 1.165) is 25.9 Å². The first kappa shape index (κ1) is 14.2. The molecule has 1 aliphatic heterocycles. The molecule has 2 aromatic rings. The van der Waals surface area contributed by atoms with Gasteiger partial charge in [0.25, 0.3) is 0 Å². The van der Waals surface area contributed by atoms with Crippen LogP contribution in [0.4, 0.5) is 5.13 Å². The maximum Gasteiger partial charge on any atom is 0.240 e. The van der Waals surface area contributed by atoms with Crippen LogP contribution in [0.2, 0.25) is 0 Å². The lowest BCUT2D eigenvalue weighted by molar-refractivity contribution is -0.117. The van der Waals surface area contributed by atoms with Gasteiger partial charge in [-0.2, -0.15) is 5.10 Å². The molecule has 1 aliphatic rings. The van der Waals surface area contributed by atoms with Gasteiger partial charge in [0.15, 0.2) is 0 Å². The molecule has 0 bridgehead atoms. The van der Waals surface area contributed by atoms with Crippen LogP contribution in [-0.4, -0.2) is 50.4 Å². The normalized spacial score (nSPS) is 17.0. The predicted octanol–water partition coefficient (Wildman–Crippen LogP) is 1.09. The fourth-order valence-corrected chi connectivity index (χ4v) is 3.22. The van der Waals surface area contributed by atoms with E-state index in [0.29, 0.717) is 17.6 Å². The zero-order valence-corrected chi connectivity index (χ0v) is 12.7. The van der Waals surface area contributed by atoms with E-state index in [-0.39, 0.29) is 5.91 Å². The molecular weight excluding hydrogens is 288 g/mol. The Balaban J connectivity index is 1.47. The molecule has 0 unspecified atom stereocenters. The molecule has 7 nitrogen and oxygen atoms in total. The number of hydrogen-bond donors (Lipinski definition) is 1. The summed E-state index contributed by atoms with van der Waals surface area (Å²) in [6.07, 6.45) is 3.97. The van der Waals surface area contributed by atoms with Gasteiger partial charge in [0.05, 0.1) is 6.54 Å². The van der Waals surface area contributed by atoms with Crippen LogP contribution in [0, 0.1) is 0 Å². The van der Waals surface area contributed by atoms with Gasteiger partial charge in [-0.15, -0.1) is 10.2 Å². The number of likely N-dealkylation sites (tertiary alicyclic amines) is 1. The largest absolute Gasteiger partial charge is 0.299 e. The molecule has 0 aliphatic carbocycles.